The fraction of sp³-hybridized carbons (Fsp3) is 0.500. The Bertz CT molecular complexity index is 1080. The van der Waals surface area contributed by atoms with E-state index in [1.54, 1.807) is 0 Å². The van der Waals surface area contributed by atoms with Gasteiger partial charge in [-0.2, -0.15) is 0 Å². The molecule has 2 heterocycles. The summed E-state index contributed by atoms with van der Waals surface area (Å²) in [4.78, 5) is 18.2. The van der Waals surface area contributed by atoms with Gasteiger partial charge in [0.05, 0.1) is 16.4 Å². The van der Waals surface area contributed by atoms with Crippen LogP contribution in [-0.4, -0.2) is 80.5 Å². The summed E-state index contributed by atoms with van der Waals surface area (Å²) < 4.78 is 48.4. The molecule has 1 aromatic carbocycles. The Balaban J connectivity index is 1.71. The average Bonchev–Trinajstić information content (AvgIpc) is 3.14. The second kappa shape index (κ2) is 7.05. The van der Waals surface area contributed by atoms with Crippen molar-refractivity contribution in [3.8, 4) is 0 Å². The van der Waals surface area contributed by atoms with E-state index in [0.717, 1.165) is 9.15 Å². The molecule has 1 aliphatic heterocycles. The molecule has 0 bridgehead atoms. The number of fused-ring (bicyclic) bond motifs is 1. The quantitative estimate of drug-likeness (QED) is 0.593. The van der Waals surface area contributed by atoms with E-state index in [1.165, 1.54) is 32.3 Å². The van der Waals surface area contributed by atoms with Gasteiger partial charge in [-0.25, -0.2) is 21.1 Å². The number of nitrogens with one attached hydrogen (secondary N) is 1. The zero-order valence-corrected chi connectivity index (χ0v) is 16.3. The minimum Gasteiger partial charge on any atom is -0.385 e. The summed E-state index contributed by atoms with van der Waals surface area (Å²) in [6, 6.07) is 3.81. The maximum absolute atomic E-state index is 12.2. The van der Waals surface area contributed by atoms with E-state index in [9.17, 15) is 21.6 Å². The highest BCUT2D eigenvalue weighted by molar-refractivity contribution is 7.91. The van der Waals surface area contributed by atoms with Gasteiger partial charge < -0.3 is 10.2 Å². The molecule has 0 radical (unpaired) electrons. The van der Waals surface area contributed by atoms with E-state index in [4.69, 9.17) is 4.84 Å². The van der Waals surface area contributed by atoms with Crippen LogP contribution in [0.1, 0.15) is 6.42 Å². The summed E-state index contributed by atoms with van der Waals surface area (Å²) in [5, 5.41) is 10.2. The van der Waals surface area contributed by atoms with Gasteiger partial charge in [-0.15, -0.1) is 5.10 Å². The van der Waals surface area contributed by atoms with Crippen molar-refractivity contribution in [3.05, 3.63) is 18.2 Å². The maximum Gasteiger partial charge on any atom is 0.261 e. The Hall–Kier alpha value is -2.25. The number of hydrogen-bond acceptors (Lipinski definition) is 8. The molecule has 27 heavy (non-hydrogen) atoms. The van der Waals surface area contributed by atoms with Crippen molar-refractivity contribution < 1.29 is 26.5 Å². The standard InChI is InChI=1S/C14H19N5O6S2/c1-18(2)27(23,24)11-3-4-12-13(7-11)19(17-16-12)25-8-14(20)15-10-5-6-26(21,22)9-10/h3-4,7,10H,5-6,8-9H2,1-2H3,(H,15,20)/t10-/m0/s1. The summed E-state index contributed by atoms with van der Waals surface area (Å²) in [6.45, 7) is -0.417. The Morgan fingerprint density at radius 3 is 2.78 bits per heavy atom. The highest BCUT2D eigenvalue weighted by Crippen LogP contribution is 2.19. The zero-order chi connectivity index (χ0) is 19.8. The molecule has 1 atom stereocenters. The molecule has 13 heteroatoms. The third kappa shape index (κ3) is 4.20. The van der Waals surface area contributed by atoms with E-state index >= 15 is 0 Å². The number of carbonyl (C=O) groups is 1. The number of benzene rings is 1. The van der Waals surface area contributed by atoms with Crippen LogP contribution >= 0.6 is 0 Å². The van der Waals surface area contributed by atoms with E-state index in [0.29, 0.717) is 11.9 Å². The van der Waals surface area contributed by atoms with Gasteiger partial charge in [0.2, 0.25) is 10.0 Å². The third-order valence-corrected chi connectivity index (χ3v) is 7.66. The first kappa shape index (κ1) is 19.5. The van der Waals surface area contributed by atoms with Gasteiger partial charge in [0.25, 0.3) is 5.91 Å². The van der Waals surface area contributed by atoms with Gasteiger partial charge in [0.15, 0.2) is 16.4 Å². The number of rotatable bonds is 6. The molecule has 0 saturated carbocycles. The highest BCUT2D eigenvalue weighted by atomic mass is 32.2. The first-order valence-electron chi connectivity index (χ1n) is 7.99. The van der Waals surface area contributed by atoms with Crippen LogP contribution in [-0.2, 0) is 24.7 Å². The fourth-order valence-corrected chi connectivity index (χ4v) is 5.24. The number of sulfone groups is 1. The first-order chi connectivity index (χ1) is 12.6. The van der Waals surface area contributed by atoms with Crippen molar-refractivity contribution in [3.63, 3.8) is 0 Å². The van der Waals surface area contributed by atoms with Gasteiger partial charge in [0, 0.05) is 20.1 Å². The first-order valence-corrected chi connectivity index (χ1v) is 11.3. The molecule has 1 aromatic heterocycles. The van der Waals surface area contributed by atoms with Crippen LogP contribution in [0.5, 0.6) is 0 Å². The van der Waals surface area contributed by atoms with Crippen LogP contribution in [0, 0.1) is 0 Å². The second-order valence-corrected chi connectivity index (χ2v) is 10.7. The van der Waals surface area contributed by atoms with Gasteiger partial charge in [0.1, 0.15) is 11.0 Å². The molecular weight excluding hydrogens is 398 g/mol. The number of sulfonamides is 1. The third-order valence-electron chi connectivity index (χ3n) is 4.08. The number of hydrogen-bond donors (Lipinski definition) is 1. The number of aromatic nitrogens is 3. The molecule has 1 N–H and O–H groups in total. The van der Waals surface area contributed by atoms with Crippen molar-refractivity contribution >= 4 is 36.8 Å². The Morgan fingerprint density at radius 2 is 2.15 bits per heavy atom. The van der Waals surface area contributed by atoms with E-state index in [-0.39, 0.29) is 21.9 Å². The number of amides is 1. The summed E-state index contributed by atoms with van der Waals surface area (Å²) in [7, 11) is -3.91. The van der Waals surface area contributed by atoms with Crippen LogP contribution in [0.15, 0.2) is 23.1 Å². The SMILES string of the molecule is CN(C)S(=O)(=O)c1ccc2nnn(OCC(=O)N[C@H]3CCS(=O)(=O)C3)c2c1. The lowest BCUT2D eigenvalue weighted by atomic mass is 10.2. The second-order valence-electron chi connectivity index (χ2n) is 6.34. The molecule has 1 amide bonds. The van der Waals surface area contributed by atoms with Crippen LogP contribution in [0.3, 0.4) is 0 Å². The molecule has 0 aliphatic carbocycles. The van der Waals surface area contributed by atoms with E-state index in [1.807, 2.05) is 0 Å². The van der Waals surface area contributed by atoms with Crippen molar-refractivity contribution in [1.29, 1.82) is 0 Å². The molecular formula is C14H19N5O6S2. The minimum absolute atomic E-state index is 0.0350. The van der Waals surface area contributed by atoms with Crippen LogP contribution < -0.4 is 10.2 Å². The number of carbonyl (C=O) groups excluding carboxylic acids is 1. The van der Waals surface area contributed by atoms with Crippen molar-refractivity contribution in [2.45, 2.75) is 17.4 Å². The normalized spacial score (nSPS) is 19.4. The monoisotopic (exact) mass is 417 g/mol. The van der Waals surface area contributed by atoms with Crippen molar-refractivity contribution in [2.24, 2.45) is 0 Å². The lowest BCUT2D eigenvalue weighted by Gasteiger charge is -2.12. The van der Waals surface area contributed by atoms with Crippen molar-refractivity contribution in [1.82, 2.24) is 24.8 Å². The van der Waals surface area contributed by atoms with Crippen LogP contribution in [0.25, 0.3) is 11.0 Å². The van der Waals surface area contributed by atoms with Gasteiger partial charge in [-0.3, -0.25) is 4.79 Å². The lowest BCUT2D eigenvalue weighted by molar-refractivity contribution is -0.126. The van der Waals surface area contributed by atoms with Crippen LogP contribution in [0.2, 0.25) is 0 Å². The highest BCUT2D eigenvalue weighted by Gasteiger charge is 2.29. The molecule has 1 fully saturated rings. The maximum atomic E-state index is 12.2. The lowest BCUT2D eigenvalue weighted by Crippen LogP contribution is -2.39. The summed E-state index contributed by atoms with van der Waals surface area (Å²) in [6.07, 6.45) is 0.367. The minimum atomic E-state index is -3.65. The Morgan fingerprint density at radius 1 is 1.41 bits per heavy atom. The van der Waals surface area contributed by atoms with Crippen molar-refractivity contribution in [2.75, 3.05) is 32.2 Å². The zero-order valence-electron chi connectivity index (χ0n) is 14.7. The van der Waals surface area contributed by atoms with E-state index < -0.39 is 38.4 Å². The fourth-order valence-electron chi connectivity index (χ4n) is 2.64. The molecule has 2 aromatic rings. The molecule has 0 unspecified atom stereocenters. The average molecular weight is 417 g/mol. The molecule has 1 saturated heterocycles. The largest absolute Gasteiger partial charge is 0.385 e. The Kier molecular flexibility index (Phi) is 5.10. The predicted octanol–water partition coefficient (Wildman–Crippen LogP) is -1.59. The van der Waals surface area contributed by atoms with Crippen LogP contribution in [0.4, 0.5) is 0 Å². The topological polar surface area (TPSA) is 141 Å². The molecule has 148 valence electrons. The summed E-state index contributed by atoms with van der Waals surface area (Å²) >= 11 is 0. The smallest absolute Gasteiger partial charge is 0.261 e. The number of nitrogens with zero attached hydrogens (tertiary/aromatic N) is 4. The predicted molar refractivity (Wildman–Crippen MR) is 95.0 cm³/mol. The summed E-state index contributed by atoms with van der Waals surface area (Å²) in [5.74, 6) is -0.537. The molecule has 0 spiro atoms. The molecule has 3 rings (SSSR count). The van der Waals surface area contributed by atoms with Gasteiger partial charge >= 0.3 is 0 Å². The van der Waals surface area contributed by atoms with Gasteiger partial charge in [-0.1, -0.05) is 4.85 Å². The Labute approximate surface area is 156 Å². The van der Waals surface area contributed by atoms with E-state index in [2.05, 4.69) is 15.6 Å². The molecule has 1 aliphatic rings. The molecule has 11 nitrogen and oxygen atoms in total. The van der Waals surface area contributed by atoms with Gasteiger partial charge in [-0.05, 0) is 29.8 Å². The summed E-state index contributed by atoms with van der Waals surface area (Å²) in [5.41, 5.74) is 0.684.